The van der Waals surface area contributed by atoms with Gasteiger partial charge in [-0.2, -0.15) is 0 Å². The number of aryl methyl sites for hydroxylation is 2. The summed E-state index contributed by atoms with van der Waals surface area (Å²) in [4.78, 5) is 3.67. The number of anilines is 3. The molecule has 2 nitrogen and oxygen atoms in total. The highest BCUT2D eigenvalue weighted by Crippen LogP contribution is 2.63. The van der Waals surface area contributed by atoms with Gasteiger partial charge in [0.25, 0.3) is 0 Å². The van der Waals surface area contributed by atoms with E-state index >= 15 is 0 Å². The van der Waals surface area contributed by atoms with Gasteiger partial charge in [-0.05, 0) is 135 Å². The number of unbranched alkanes of at least 4 members (excludes halogenated alkanes) is 6. The normalized spacial score (nSPS) is 15.0. The molecule has 0 fully saturated rings. The Labute approximate surface area is 448 Å². The van der Waals surface area contributed by atoms with Crippen molar-refractivity contribution in [1.82, 2.24) is 0 Å². The van der Waals surface area contributed by atoms with E-state index in [9.17, 15) is 0 Å². The Morgan fingerprint density at radius 1 is 0.467 bits per heavy atom. The monoisotopic (exact) mass is 991 g/mol. The van der Waals surface area contributed by atoms with Crippen LogP contribution in [0.3, 0.4) is 0 Å². The van der Waals surface area contributed by atoms with Crippen molar-refractivity contribution in [3.05, 3.63) is 280 Å². The average molecular weight is 992 g/mol. The number of rotatable bonds is 18. The highest BCUT2D eigenvalue weighted by molar-refractivity contribution is 7.13. The molecule has 0 saturated carbocycles. The van der Waals surface area contributed by atoms with Crippen molar-refractivity contribution in [1.29, 1.82) is 0 Å². The third-order valence-electron chi connectivity index (χ3n) is 16.0. The van der Waals surface area contributed by atoms with Crippen LogP contribution in [0.5, 0.6) is 5.75 Å². The maximum atomic E-state index is 7.98. The fraction of sp³-hybridized carbons (Fsp3) is 0.194. The molecular formula is C72H65NOS. The van der Waals surface area contributed by atoms with Gasteiger partial charge in [0.2, 0.25) is 0 Å². The van der Waals surface area contributed by atoms with Gasteiger partial charge in [0, 0.05) is 44.0 Å². The summed E-state index contributed by atoms with van der Waals surface area (Å²) >= 11 is 1.77. The zero-order valence-corrected chi connectivity index (χ0v) is 44.2. The van der Waals surface area contributed by atoms with Crippen molar-refractivity contribution in [2.75, 3.05) is 4.90 Å². The number of ether oxygens (including phenoxy) is 1. The molecule has 0 spiro atoms. The lowest BCUT2D eigenvalue weighted by atomic mass is 9.65. The second-order valence-corrected chi connectivity index (χ2v) is 21.6. The van der Waals surface area contributed by atoms with E-state index in [1.807, 2.05) is 0 Å². The van der Waals surface area contributed by atoms with Gasteiger partial charge in [-0.15, -0.1) is 11.3 Å². The van der Waals surface area contributed by atoms with Gasteiger partial charge in [-0.1, -0.05) is 234 Å². The highest BCUT2D eigenvalue weighted by atomic mass is 32.1. The van der Waals surface area contributed by atoms with Gasteiger partial charge in [0.05, 0.1) is 5.41 Å². The summed E-state index contributed by atoms with van der Waals surface area (Å²) < 4.78 is 7.98. The number of hydrogen-bond acceptors (Lipinski definition) is 3. The summed E-state index contributed by atoms with van der Waals surface area (Å²) in [6.07, 6.45) is 16.8. The molecule has 1 aliphatic heterocycles. The van der Waals surface area contributed by atoms with Gasteiger partial charge >= 0.3 is 0 Å². The summed E-state index contributed by atoms with van der Waals surface area (Å²) in [6.45, 7) is 4.59. The molecule has 2 aliphatic rings. The molecule has 370 valence electrons. The van der Waals surface area contributed by atoms with E-state index in [1.165, 1.54) is 112 Å². The predicted octanol–water partition coefficient (Wildman–Crippen LogP) is 20.0. The smallest absolute Gasteiger partial charge is 0.178 e. The Kier molecular flexibility index (Phi) is 13.7. The molecule has 0 bridgehead atoms. The van der Waals surface area contributed by atoms with E-state index in [0.29, 0.717) is 0 Å². The fourth-order valence-corrected chi connectivity index (χ4v) is 13.0. The molecule has 1 aliphatic carbocycles. The van der Waals surface area contributed by atoms with E-state index in [-0.39, 0.29) is 0 Å². The molecule has 1 unspecified atom stereocenters. The van der Waals surface area contributed by atoms with Crippen molar-refractivity contribution >= 4 is 45.2 Å². The van der Waals surface area contributed by atoms with Gasteiger partial charge in [-0.25, -0.2) is 0 Å². The molecule has 75 heavy (non-hydrogen) atoms. The van der Waals surface area contributed by atoms with Gasteiger partial charge in [0.1, 0.15) is 5.75 Å². The van der Waals surface area contributed by atoms with Gasteiger partial charge in [-0.3, -0.25) is 0 Å². The minimum absolute atomic E-state index is 0.738. The fourth-order valence-electron chi connectivity index (χ4n) is 12.3. The summed E-state index contributed by atoms with van der Waals surface area (Å²) in [5, 5.41) is 4.45. The van der Waals surface area contributed by atoms with Crippen LogP contribution in [0.2, 0.25) is 0 Å². The molecule has 1 atom stereocenters. The largest absolute Gasteiger partial charge is 0.472 e. The Hall–Kier alpha value is -7.72. The molecular weight excluding hydrogens is 927 g/mol. The van der Waals surface area contributed by atoms with Crippen LogP contribution in [0, 0.1) is 0 Å². The van der Waals surface area contributed by atoms with E-state index < -0.39 is 11.0 Å². The lowest BCUT2D eigenvalue weighted by Crippen LogP contribution is -2.36. The first-order valence-electron chi connectivity index (χ1n) is 27.5. The molecule has 1 aromatic heterocycles. The van der Waals surface area contributed by atoms with E-state index in [1.54, 1.807) is 11.3 Å². The topological polar surface area (TPSA) is 12.5 Å². The number of thiophene rings is 1. The molecule has 2 heterocycles. The van der Waals surface area contributed by atoms with Crippen LogP contribution in [-0.2, 0) is 23.9 Å². The molecule has 12 rings (SSSR count). The zero-order valence-electron chi connectivity index (χ0n) is 43.4. The van der Waals surface area contributed by atoms with Crippen molar-refractivity contribution in [2.45, 2.75) is 89.1 Å². The second kappa shape index (κ2) is 21.3. The second-order valence-electron chi connectivity index (χ2n) is 20.6. The predicted molar refractivity (Wildman–Crippen MR) is 318 cm³/mol. The lowest BCUT2D eigenvalue weighted by molar-refractivity contribution is 0.163. The summed E-state index contributed by atoms with van der Waals surface area (Å²) in [5.41, 5.74) is 16.6. The van der Waals surface area contributed by atoms with Gasteiger partial charge in [0.15, 0.2) is 5.60 Å². The molecule has 0 N–H and O–H groups in total. The zero-order chi connectivity index (χ0) is 50.6. The minimum atomic E-state index is -0.898. The number of hydrogen-bond donors (Lipinski definition) is 0. The van der Waals surface area contributed by atoms with Crippen molar-refractivity contribution in [3.63, 3.8) is 0 Å². The lowest BCUT2D eigenvalue weighted by Gasteiger charge is -2.40. The summed E-state index contributed by atoms with van der Waals surface area (Å²) in [5.74, 6) is 0.908. The van der Waals surface area contributed by atoms with Crippen molar-refractivity contribution in [3.8, 4) is 27.3 Å². The van der Waals surface area contributed by atoms with Crippen LogP contribution in [0.25, 0.3) is 38.4 Å². The Bertz CT molecular complexity index is 3470. The van der Waals surface area contributed by atoms with Crippen LogP contribution in [0.1, 0.15) is 115 Å². The third kappa shape index (κ3) is 8.81. The van der Waals surface area contributed by atoms with Gasteiger partial charge < -0.3 is 9.64 Å². The van der Waals surface area contributed by atoms with E-state index in [2.05, 4.69) is 255 Å². The van der Waals surface area contributed by atoms with Crippen LogP contribution < -0.4 is 9.64 Å². The first kappa shape index (κ1) is 48.2. The van der Waals surface area contributed by atoms with Crippen LogP contribution in [0.4, 0.5) is 17.1 Å². The number of benzene rings is 9. The summed E-state index contributed by atoms with van der Waals surface area (Å²) in [7, 11) is 0. The minimum Gasteiger partial charge on any atom is -0.472 e. The quantitative estimate of drug-likeness (QED) is 0.0795. The molecule has 10 aromatic rings. The Morgan fingerprint density at radius 3 is 1.59 bits per heavy atom. The molecule has 0 radical (unpaired) electrons. The molecule has 9 aromatic carbocycles. The number of nitrogens with zero attached hydrogens (tertiary/aromatic N) is 1. The third-order valence-corrected chi connectivity index (χ3v) is 16.9. The van der Waals surface area contributed by atoms with Crippen molar-refractivity contribution < 1.29 is 4.74 Å². The number of fused-ring (bicyclic) bond motifs is 8. The van der Waals surface area contributed by atoms with Crippen LogP contribution >= 0.6 is 11.3 Å². The molecule has 0 amide bonds. The SMILES string of the molecule is CCCCCCc1ccc(C2(c3ccc(CCCCCC)cc3)c3cc(N(c4ccccc4)c4ccccc4)ccc3-c3c2c2c(c4ccccc34)OC(c3ccccc3)(c3ccc(-c4cccs4)cc3)C=C2)cc1. The van der Waals surface area contributed by atoms with E-state index in [4.69, 9.17) is 4.74 Å². The first-order chi connectivity index (χ1) is 37.1. The number of para-hydroxylation sites is 2. The Balaban J connectivity index is 1.14. The summed E-state index contributed by atoms with van der Waals surface area (Å²) in [6, 6.07) is 81.7. The molecule has 3 heteroatoms. The van der Waals surface area contributed by atoms with Crippen molar-refractivity contribution in [2.24, 2.45) is 0 Å². The van der Waals surface area contributed by atoms with Crippen LogP contribution in [-0.4, -0.2) is 0 Å². The maximum absolute atomic E-state index is 7.98. The highest BCUT2D eigenvalue weighted by Gasteiger charge is 2.51. The van der Waals surface area contributed by atoms with Crippen LogP contribution in [0.15, 0.2) is 230 Å². The average Bonchev–Trinajstić information content (AvgIpc) is 4.34. The first-order valence-corrected chi connectivity index (χ1v) is 28.4. The maximum Gasteiger partial charge on any atom is 0.178 e. The van der Waals surface area contributed by atoms with E-state index in [0.717, 1.165) is 57.7 Å². The Morgan fingerprint density at radius 2 is 1.01 bits per heavy atom. The standard InChI is InChI=1S/C72H65NOS/c1-3-5-7-12-23-52-34-40-57(41-35-52)72(58-42-36-53(37-43-58)24-13-8-6-4-2)66-51-61(73(59-27-16-10-17-28-59)60-29-18-11-19-30-60)46-47-64(66)68-62-31-20-21-32-63(62)70-65(69(68)72)48-49-71(74-70,55-25-14-9-15-26-55)56-44-38-54(39-45-56)67-33-22-50-75-67/h9-11,14-22,25-51H,3-8,12-13,23-24H2,1-2H3. The molecule has 0 saturated heterocycles.